The first-order valence-electron chi connectivity index (χ1n) is 6.93. The third-order valence-electron chi connectivity index (χ3n) is 2.97. The van der Waals surface area contributed by atoms with E-state index in [0.717, 1.165) is 19.3 Å². The number of hydrogen-bond donors (Lipinski definition) is 2. The van der Waals surface area contributed by atoms with Crippen LogP contribution in [0.25, 0.3) is 0 Å². The van der Waals surface area contributed by atoms with Crippen molar-refractivity contribution in [3.63, 3.8) is 0 Å². The van der Waals surface area contributed by atoms with Crippen LogP contribution in [0.4, 0.5) is 0 Å². The van der Waals surface area contributed by atoms with Crippen LogP contribution in [0.3, 0.4) is 0 Å². The highest BCUT2D eigenvalue weighted by atomic mass is 16.5. The van der Waals surface area contributed by atoms with E-state index in [9.17, 15) is 9.59 Å². The number of carbonyl (C=O) groups is 2. The molecule has 1 rings (SSSR count). The maximum atomic E-state index is 11.9. The summed E-state index contributed by atoms with van der Waals surface area (Å²) in [5, 5.41) is 0. The molecule has 1 aromatic carbocycles. The van der Waals surface area contributed by atoms with Gasteiger partial charge in [0.15, 0.2) is 11.5 Å². The van der Waals surface area contributed by atoms with Gasteiger partial charge in [0.05, 0.1) is 14.2 Å². The molecule has 0 fully saturated rings. The summed E-state index contributed by atoms with van der Waals surface area (Å²) >= 11 is 0. The Hall–Kier alpha value is -2.24. The average Bonchev–Trinajstić information content (AvgIpc) is 2.52. The fourth-order valence-electron chi connectivity index (χ4n) is 1.77. The first kappa shape index (κ1) is 16.8. The van der Waals surface area contributed by atoms with Crippen LogP contribution in [0.1, 0.15) is 43.0 Å². The van der Waals surface area contributed by atoms with E-state index in [2.05, 4.69) is 17.8 Å². The highest BCUT2D eigenvalue weighted by Crippen LogP contribution is 2.27. The second kappa shape index (κ2) is 8.84. The topological polar surface area (TPSA) is 76.7 Å². The van der Waals surface area contributed by atoms with Gasteiger partial charge in [-0.05, 0) is 24.6 Å². The third kappa shape index (κ3) is 5.33. The minimum Gasteiger partial charge on any atom is -0.493 e. The van der Waals surface area contributed by atoms with E-state index >= 15 is 0 Å². The number of carbonyl (C=O) groups excluding carboxylic acids is 2. The molecule has 21 heavy (non-hydrogen) atoms. The fourth-order valence-corrected chi connectivity index (χ4v) is 1.77. The molecule has 1 aromatic rings. The zero-order chi connectivity index (χ0) is 15.7. The maximum Gasteiger partial charge on any atom is 0.269 e. The van der Waals surface area contributed by atoms with E-state index in [-0.39, 0.29) is 5.91 Å². The van der Waals surface area contributed by atoms with Crippen LogP contribution in [0.5, 0.6) is 11.5 Å². The summed E-state index contributed by atoms with van der Waals surface area (Å²) in [5.74, 6) is 0.397. The predicted octanol–water partition coefficient (Wildman–Crippen LogP) is 2.05. The summed E-state index contributed by atoms with van der Waals surface area (Å²) in [5.41, 5.74) is 5.15. The minimum absolute atomic E-state index is 0.197. The first-order valence-corrected chi connectivity index (χ1v) is 6.93. The van der Waals surface area contributed by atoms with E-state index in [1.807, 2.05) is 0 Å². The van der Waals surface area contributed by atoms with Crippen molar-refractivity contribution in [3.05, 3.63) is 23.8 Å². The molecule has 0 saturated carbocycles. The van der Waals surface area contributed by atoms with Gasteiger partial charge in [0.2, 0.25) is 5.91 Å². The zero-order valence-corrected chi connectivity index (χ0v) is 12.7. The molecule has 0 bridgehead atoms. The monoisotopic (exact) mass is 294 g/mol. The molecule has 116 valence electrons. The molecule has 2 N–H and O–H groups in total. The van der Waals surface area contributed by atoms with E-state index in [4.69, 9.17) is 9.47 Å². The number of amides is 2. The third-order valence-corrected chi connectivity index (χ3v) is 2.97. The smallest absolute Gasteiger partial charge is 0.269 e. The number of nitrogens with one attached hydrogen (secondary N) is 2. The van der Waals surface area contributed by atoms with Gasteiger partial charge < -0.3 is 9.47 Å². The molecule has 0 saturated heterocycles. The number of benzene rings is 1. The zero-order valence-electron chi connectivity index (χ0n) is 12.7. The van der Waals surface area contributed by atoms with Gasteiger partial charge >= 0.3 is 0 Å². The van der Waals surface area contributed by atoms with Crippen molar-refractivity contribution in [1.29, 1.82) is 0 Å². The summed E-state index contributed by atoms with van der Waals surface area (Å²) in [7, 11) is 3.02. The molecule has 0 aliphatic heterocycles. The van der Waals surface area contributed by atoms with Gasteiger partial charge in [0.1, 0.15) is 0 Å². The second-order valence-corrected chi connectivity index (χ2v) is 4.53. The standard InChI is InChI=1S/C15H22N2O4/c1-4-5-6-7-14(18)16-17-15(19)11-8-9-12(20-2)13(10-11)21-3/h8-10H,4-7H2,1-3H3,(H,16,18)(H,17,19). The Morgan fingerprint density at radius 2 is 1.76 bits per heavy atom. The summed E-state index contributed by atoms with van der Waals surface area (Å²) in [6.45, 7) is 2.07. The molecule has 0 unspecified atom stereocenters. The molecule has 0 aliphatic rings. The lowest BCUT2D eigenvalue weighted by Gasteiger charge is -2.10. The molecule has 2 amide bonds. The molecule has 0 aromatic heterocycles. The van der Waals surface area contributed by atoms with Crippen molar-refractivity contribution in [2.45, 2.75) is 32.6 Å². The highest BCUT2D eigenvalue weighted by molar-refractivity contribution is 5.96. The van der Waals surface area contributed by atoms with Crippen molar-refractivity contribution in [2.75, 3.05) is 14.2 Å². The van der Waals surface area contributed by atoms with Crippen LogP contribution in [-0.4, -0.2) is 26.0 Å². The van der Waals surface area contributed by atoms with Gasteiger partial charge in [-0.2, -0.15) is 0 Å². The molecule has 0 aliphatic carbocycles. The first-order chi connectivity index (χ1) is 10.1. The Kier molecular flexibility index (Phi) is 7.08. The average molecular weight is 294 g/mol. The lowest BCUT2D eigenvalue weighted by molar-refractivity contribution is -0.121. The summed E-state index contributed by atoms with van der Waals surface area (Å²) in [6.07, 6.45) is 3.26. The lowest BCUT2D eigenvalue weighted by Crippen LogP contribution is -2.41. The summed E-state index contributed by atoms with van der Waals surface area (Å²) in [4.78, 5) is 23.4. The van der Waals surface area contributed by atoms with Gasteiger partial charge in [-0.25, -0.2) is 0 Å². The molecule has 0 radical (unpaired) electrons. The molecule has 0 atom stereocenters. The SMILES string of the molecule is CCCCCC(=O)NNC(=O)c1ccc(OC)c(OC)c1. The van der Waals surface area contributed by atoms with E-state index in [0.29, 0.717) is 23.5 Å². The Balaban J connectivity index is 2.54. The number of rotatable bonds is 7. The normalized spacial score (nSPS) is 9.86. The van der Waals surface area contributed by atoms with Gasteiger partial charge in [0, 0.05) is 12.0 Å². The largest absolute Gasteiger partial charge is 0.493 e. The van der Waals surface area contributed by atoms with Gasteiger partial charge in [-0.1, -0.05) is 19.8 Å². The molecule has 6 nitrogen and oxygen atoms in total. The van der Waals surface area contributed by atoms with Crippen LogP contribution >= 0.6 is 0 Å². The summed E-state index contributed by atoms with van der Waals surface area (Å²) < 4.78 is 10.2. The lowest BCUT2D eigenvalue weighted by atomic mass is 10.2. The number of ether oxygens (including phenoxy) is 2. The van der Waals surface area contributed by atoms with Crippen molar-refractivity contribution < 1.29 is 19.1 Å². The molecule has 0 heterocycles. The van der Waals surface area contributed by atoms with E-state index in [1.165, 1.54) is 14.2 Å². The summed E-state index contributed by atoms with van der Waals surface area (Å²) in [6, 6.07) is 4.79. The van der Waals surface area contributed by atoms with Crippen LogP contribution in [0.15, 0.2) is 18.2 Å². The number of hydrogen-bond acceptors (Lipinski definition) is 4. The Bertz CT molecular complexity index is 489. The maximum absolute atomic E-state index is 11.9. The van der Waals surface area contributed by atoms with Crippen LogP contribution in [0, 0.1) is 0 Å². The predicted molar refractivity (Wildman–Crippen MR) is 79.3 cm³/mol. The van der Waals surface area contributed by atoms with Gasteiger partial charge in [-0.15, -0.1) is 0 Å². The van der Waals surface area contributed by atoms with Crippen LogP contribution in [-0.2, 0) is 4.79 Å². The number of hydrazine groups is 1. The Morgan fingerprint density at radius 1 is 1.05 bits per heavy atom. The fraction of sp³-hybridized carbons (Fsp3) is 0.467. The Labute approximate surface area is 124 Å². The molecule has 6 heteroatoms. The van der Waals surface area contributed by atoms with Crippen molar-refractivity contribution in [1.82, 2.24) is 10.9 Å². The molecular formula is C15H22N2O4. The number of methoxy groups -OCH3 is 2. The molecule has 0 spiro atoms. The quantitative estimate of drug-likeness (QED) is 0.596. The Morgan fingerprint density at radius 3 is 2.38 bits per heavy atom. The number of unbranched alkanes of at least 4 members (excludes halogenated alkanes) is 2. The van der Waals surface area contributed by atoms with Crippen molar-refractivity contribution >= 4 is 11.8 Å². The van der Waals surface area contributed by atoms with Crippen LogP contribution in [0.2, 0.25) is 0 Å². The van der Waals surface area contributed by atoms with Crippen molar-refractivity contribution in [3.8, 4) is 11.5 Å². The molecular weight excluding hydrogens is 272 g/mol. The van der Waals surface area contributed by atoms with E-state index < -0.39 is 5.91 Å². The highest BCUT2D eigenvalue weighted by Gasteiger charge is 2.11. The second-order valence-electron chi connectivity index (χ2n) is 4.53. The van der Waals surface area contributed by atoms with Crippen LogP contribution < -0.4 is 20.3 Å². The minimum atomic E-state index is -0.403. The van der Waals surface area contributed by atoms with Gasteiger partial charge in [-0.3, -0.25) is 20.4 Å². The van der Waals surface area contributed by atoms with Crippen molar-refractivity contribution in [2.24, 2.45) is 0 Å². The van der Waals surface area contributed by atoms with E-state index in [1.54, 1.807) is 18.2 Å². The van der Waals surface area contributed by atoms with Gasteiger partial charge in [0.25, 0.3) is 5.91 Å².